The zero-order chi connectivity index (χ0) is 26.8. The summed E-state index contributed by atoms with van der Waals surface area (Å²) in [5.74, 6) is 0.597. The monoisotopic (exact) mass is 523 g/mol. The average Bonchev–Trinajstić information content (AvgIpc) is 3.52. The molecule has 4 heterocycles. The van der Waals surface area contributed by atoms with E-state index in [-0.39, 0.29) is 30.4 Å². The summed E-state index contributed by atoms with van der Waals surface area (Å²) in [6, 6.07) is 5.19. The Morgan fingerprint density at radius 3 is 2.61 bits per heavy atom. The van der Waals surface area contributed by atoms with Crippen LogP contribution in [0.5, 0.6) is 0 Å². The van der Waals surface area contributed by atoms with Crippen molar-refractivity contribution in [3.05, 3.63) is 70.6 Å². The van der Waals surface area contributed by atoms with Gasteiger partial charge in [0.05, 0.1) is 35.6 Å². The number of carbonyl (C=O) groups is 1. The Labute approximate surface area is 215 Å². The van der Waals surface area contributed by atoms with Crippen molar-refractivity contribution >= 4 is 28.3 Å². The lowest BCUT2D eigenvalue weighted by atomic mass is 9.99. The van der Waals surface area contributed by atoms with E-state index >= 15 is 0 Å². The number of anilines is 2. The van der Waals surface area contributed by atoms with Crippen LogP contribution in [0.15, 0.2) is 36.8 Å². The average molecular weight is 524 g/mol. The van der Waals surface area contributed by atoms with Gasteiger partial charge in [0.1, 0.15) is 11.6 Å². The predicted molar refractivity (Wildman–Crippen MR) is 132 cm³/mol. The predicted octanol–water partition coefficient (Wildman–Crippen LogP) is 4.51. The highest BCUT2D eigenvalue weighted by molar-refractivity contribution is 6.06. The molecule has 2 aliphatic rings. The molecule has 1 atom stereocenters. The number of nitrogens with two attached hydrogens (primary N) is 1. The number of pyridine rings is 1. The topological polar surface area (TPSA) is 112 Å². The van der Waals surface area contributed by atoms with Crippen molar-refractivity contribution in [3.63, 3.8) is 0 Å². The first-order chi connectivity index (χ1) is 18.1. The molecule has 0 spiro atoms. The number of ether oxygens (including phenoxy) is 1. The number of nitrogen functional groups attached to an aromatic ring is 1. The van der Waals surface area contributed by atoms with Gasteiger partial charge in [0, 0.05) is 42.5 Å². The van der Waals surface area contributed by atoms with Gasteiger partial charge < -0.3 is 15.4 Å². The lowest BCUT2D eigenvalue weighted by molar-refractivity contribution is -0.219. The molecule has 0 radical (unpaired) electrons. The summed E-state index contributed by atoms with van der Waals surface area (Å²) in [5.41, 5.74) is 8.98. The van der Waals surface area contributed by atoms with Gasteiger partial charge in [-0.1, -0.05) is 12.1 Å². The minimum Gasteiger partial charge on any atom is -0.383 e. The zero-order valence-corrected chi connectivity index (χ0v) is 20.7. The highest BCUT2D eigenvalue weighted by atomic mass is 19.4. The van der Waals surface area contributed by atoms with E-state index in [2.05, 4.69) is 20.1 Å². The second-order valence-electron chi connectivity index (χ2n) is 9.74. The smallest absolute Gasteiger partial charge is 0.383 e. The fourth-order valence-electron chi connectivity index (χ4n) is 4.93. The first-order valence-electron chi connectivity index (χ1n) is 12.1. The third-order valence-corrected chi connectivity index (χ3v) is 6.91. The molecule has 1 aliphatic carbocycles. The standard InChI is InChI=1S/C26H24F3N7O2/c1-13-20(11-35(2)34-13)36(25(37)16-8-31-24(32-9-16)15-4-5-15)10-14-3-6-17-18-12-38-22(26(27,28)29)21(18)23(30)33-19(17)7-14/h3,6-9,11,15,22H,4-5,10,12H2,1-2H3,(H2,30,33). The first kappa shape index (κ1) is 24.3. The van der Waals surface area contributed by atoms with E-state index in [0.717, 1.165) is 18.7 Å². The van der Waals surface area contributed by atoms with Gasteiger partial charge in [-0.3, -0.25) is 9.48 Å². The molecule has 1 fully saturated rings. The number of benzene rings is 1. The molecule has 38 heavy (non-hydrogen) atoms. The molecule has 1 amide bonds. The number of hydrogen-bond acceptors (Lipinski definition) is 7. The Bertz CT molecular complexity index is 1560. The van der Waals surface area contributed by atoms with E-state index in [9.17, 15) is 18.0 Å². The lowest BCUT2D eigenvalue weighted by Crippen LogP contribution is -2.31. The Hall–Kier alpha value is -4.06. The van der Waals surface area contributed by atoms with Crippen molar-refractivity contribution in [2.75, 3.05) is 10.6 Å². The van der Waals surface area contributed by atoms with E-state index in [4.69, 9.17) is 10.5 Å². The van der Waals surface area contributed by atoms with Crippen molar-refractivity contribution in [3.8, 4) is 0 Å². The van der Waals surface area contributed by atoms with E-state index in [1.165, 1.54) is 0 Å². The van der Waals surface area contributed by atoms with Crippen molar-refractivity contribution in [2.24, 2.45) is 7.05 Å². The molecule has 0 saturated heterocycles. The SMILES string of the molecule is Cc1nn(C)cc1N(Cc1ccc2c3c(c(N)nc2c1)C(C(F)(F)F)OC3)C(=O)c1cnc(C2CC2)nc1. The Kier molecular flexibility index (Phi) is 5.60. The summed E-state index contributed by atoms with van der Waals surface area (Å²) in [7, 11) is 1.77. The van der Waals surface area contributed by atoms with Crippen LogP contribution in [0.1, 0.15) is 63.4 Å². The lowest BCUT2D eigenvalue weighted by Gasteiger charge is -2.22. The Morgan fingerprint density at radius 2 is 1.97 bits per heavy atom. The highest BCUT2D eigenvalue weighted by Crippen LogP contribution is 2.46. The number of fused-ring (bicyclic) bond motifs is 3. The van der Waals surface area contributed by atoms with Gasteiger partial charge in [0.25, 0.3) is 5.91 Å². The minimum atomic E-state index is -4.59. The van der Waals surface area contributed by atoms with Gasteiger partial charge in [-0.15, -0.1) is 0 Å². The van der Waals surface area contributed by atoms with Crippen LogP contribution in [-0.4, -0.2) is 36.8 Å². The molecule has 4 aromatic rings. The largest absolute Gasteiger partial charge is 0.419 e. The fourth-order valence-corrected chi connectivity index (χ4v) is 4.93. The van der Waals surface area contributed by atoms with Crippen LogP contribution in [0.2, 0.25) is 0 Å². The summed E-state index contributed by atoms with van der Waals surface area (Å²) in [6.07, 6.45) is 0.282. The zero-order valence-electron chi connectivity index (χ0n) is 20.7. The summed E-state index contributed by atoms with van der Waals surface area (Å²) < 4.78 is 47.0. The molecule has 1 aromatic carbocycles. The Morgan fingerprint density at radius 1 is 1.24 bits per heavy atom. The maximum Gasteiger partial charge on any atom is 0.419 e. The van der Waals surface area contributed by atoms with Crippen LogP contribution < -0.4 is 10.6 Å². The van der Waals surface area contributed by atoms with Crippen molar-refractivity contribution in [1.29, 1.82) is 0 Å². The number of aromatic nitrogens is 5. The summed E-state index contributed by atoms with van der Waals surface area (Å²) >= 11 is 0. The second kappa shape index (κ2) is 8.76. The Balaban J connectivity index is 1.36. The third-order valence-electron chi connectivity index (χ3n) is 6.91. The molecule has 9 nitrogen and oxygen atoms in total. The highest BCUT2D eigenvalue weighted by Gasteiger charge is 2.47. The van der Waals surface area contributed by atoms with Crippen LogP contribution in [0.25, 0.3) is 10.9 Å². The van der Waals surface area contributed by atoms with Crippen LogP contribution in [-0.2, 0) is 24.9 Å². The third kappa shape index (κ3) is 4.24. The van der Waals surface area contributed by atoms with Crippen molar-refractivity contribution < 1.29 is 22.7 Å². The van der Waals surface area contributed by atoms with Crippen molar-refractivity contribution in [1.82, 2.24) is 24.7 Å². The normalized spacial score (nSPS) is 17.1. The molecule has 2 N–H and O–H groups in total. The quantitative estimate of drug-likeness (QED) is 0.410. The summed E-state index contributed by atoms with van der Waals surface area (Å²) in [4.78, 5) is 28.3. The molecule has 6 rings (SSSR count). The summed E-state index contributed by atoms with van der Waals surface area (Å²) in [5, 5.41) is 4.91. The van der Waals surface area contributed by atoms with Gasteiger partial charge in [0.2, 0.25) is 0 Å². The molecule has 1 saturated carbocycles. The van der Waals surface area contributed by atoms with E-state index in [1.54, 1.807) is 53.4 Å². The molecule has 196 valence electrons. The van der Waals surface area contributed by atoms with E-state index in [1.807, 2.05) is 6.92 Å². The number of aryl methyl sites for hydroxylation is 2. The van der Waals surface area contributed by atoms with Gasteiger partial charge in [0.15, 0.2) is 6.10 Å². The molecule has 3 aromatic heterocycles. The molecule has 1 aliphatic heterocycles. The van der Waals surface area contributed by atoms with Gasteiger partial charge in [-0.2, -0.15) is 18.3 Å². The minimum absolute atomic E-state index is 0.129. The number of nitrogens with zero attached hydrogens (tertiary/aromatic N) is 6. The number of hydrogen-bond donors (Lipinski definition) is 1. The van der Waals surface area contributed by atoms with Gasteiger partial charge in [-0.25, -0.2) is 15.0 Å². The molecule has 1 unspecified atom stereocenters. The maximum atomic E-state index is 13.7. The van der Waals surface area contributed by atoms with E-state index in [0.29, 0.717) is 44.9 Å². The number of halogens is 3. The number of amides is 1. The number of carbonyl (C=O) groups excluding carboxylic acids is 1. The first-order valence-corrected chi connectivity index (χ1v) is 12.1. The van der Waals surface area contributed by atoms with E-state index < -0.39 is 12.3 Å². The fraction of sp³-hybridized carbons (Fsp3) is 0.346. The molecular formula is C26H24F3N7O2. The van der Waals surface area contributed by atoms with Crippen LogP contribution in [0, 0.1) is 6.92 Å². The molecule has 0 bridgehead atoms. The van der Waals surface area contributed by atoms with Gasteiger partial charge >= 0.3 is 6.18 Å². The van der Waals surface area contributed by atoms with Crippen LogP contribution >= 0.6 is 0 Å². The number of alkyl halides is 3. The van der Waals surface area contributed by atoms with Crippen LogP contribution in [0.4, 0.5) is 24.7 Å². The molecular weight excluding hydrogens is 499 g/mol. The van der Waals surface area contributed by atoms with Crippen molar-refractivity contribution in [2.45, 2.75) is 51.1 Å². The number of rotatable bonds is 5. The van der Waals surface area contributed by atoms with Gasteiger partial charge in [-0.05, 0) is 37.0 Å². The second-order valence-corrected chi connectivity index (χ2v) is 9.74. The maximum absolute atomic E-state index is 13.7. The molecule has 12 heteroatoms. The van der Waals surface area contributed by atoms with Crippen LogP contribution in [0.3, 0.4) is 0 Å². The summed E-state index contributed by atoms with van der Waals surface area (Å²) in [6.45, 7) is 1.76.